The largest absolute Gasteiger partial charge is 0.398 e. The number of rotatable bonds is 2. The van der Waals surface area contributed by atoms with Gasteiger partial charge in [0.05, 0.1) is 17.6 Å². The summed E-state index contributed by atoms with van der Waals surface area (Å²) < 4.78 is 0. The number of hydrogen-bond acceptors (Lipinski definition) is 3. The van der Waals surface area contributed by atoms with Crippen molar-refractivity contribution in [3.05, 3.63) is 53.9 Å². The van der Waals surface area contributed by atoms with Crippen molar-refractivity contribution in [3.8, 4) is 0 Å². The topological polar surface area (TPSA) is 57.9 Å². The molecule has 0 saturated heterocycles. The highest BCUT2D eigenvalue weighted by molar-refractivity contribution is 5.75. The Morgan fingerprint density at radius 2 is 2.05 bits per heavy atom. The molecule has 0 saturated carbocycles. The lowest BCUT2D eigenvalue weighted by Crippen LogP contribution is -2.29. The van der Waals surface area contributed by atoms with E-state index in [2.05, 4.69) is 27.0 Å². The van der Waals surface area contributed by atoms with E-state index in [0.29, 0.717) is 0 Å². The van der Waals surface area contributed by atoms with Gasteiger partial charge in [-0.25, -0.2) is 4.98 Å². The Hall–Kier alpha value is -2.49. The first kappa shape index (κ1) is 12.3. The van der Waals surface area contributed by atoms with E-state index in [1.807, 2.05) is 30.3 Å². The molecular formula is C17H18N4. The second kappa shape index (κ2) is 4.81. The quantitative estimate of drug-likeness (QED) is 0.708. The van der Waals surface area contributed by atoms with E-state index in [4.69, 9.17) is 5.73 Å². The number of benzene rings is 2. The first-order valence-corrected chi connectivity index (χ1v) is 7.37. The van der Waals surface area contributed by atoms with Crippen molar-refractivity contribution in [2.24, 2.45) is 0 Å². The second-order valence-electron chi connectivity index (χ2n) is 5.57. The number of aromatic nitrogens is 2. The van der Waals surface area contributed by atoms with Gasteiger partial charge in [-0.2, -0.15) is 0 Å². The summed E-state index contributed by atoms with van der Waals surface area (Å²) in [5.41, 5.74) is 11.7. The van der Waals surface area contributed by atoms with Crippen LogP contribution in [0.15, 0.2) is 42.5 Å². The van der Waals surface area contributed by atoms with Crippen LogP contribution in [0, 0.1) is 0 Å². The van der Waals surface area contributed by atoms with E-state index < -0.39 is 0 Å². The van der Waals surface area contributed by atoms with Gasteiger partial charge in [0.15, 0.2) is 0 Å². The second-order valence-corrected chi connectivity index (χ2v) is 5.57. The van der Waals surface area contributed by atoms with E-state index in [9.17, 15) is 0 Å². The highest BCUT2D eigenvalue weighted by atomic mass is 15.2. The number of nitrogens with two attached hydrogens (primary N) is 1. The molecule has 0 amide bonds. The smallest absolute Gasteiger partial charge is 0.126 e. The first-order chi connectivity index (χ1) is 10.3. The maximum Gasteiger partial charge on any atom is 0.126 e. The molecule has 1 aliphatic rings. The van der Waals surface area contributed by atoms with Crippen LogP contribution in [0.5, 0.6) is 0 Å². The van der Waals surface area contributed by atoms with Crippen molar-refractivity contribution < 1.29 is 0 Å². The minimum atomic E-state index is 0.797. The van der Waals surface area contributed by atoms with Crippen LogP contribution in [0.4, 0.5) is 11.4 Å². The zero-order chi connectivity index (χ0) is 14.2. The molecule has 0 bridgehead atoms. The summed E-state index contributed by atoms with van der Waals surface area (Å²) in [6, 6.07) is 14.3. The molecule has 4 nitrogen and oxygen atoms in total. The van der Waals surface area contributed by atoms with Gasteiger partial charge in [0.2, 0.25) is 0 Å². The average molecular weight is 278 g/mol. The summed E-state index contributed by atoms with van der Waals surface area (Å²) in [5, 5.41) is 0. The Morgan fingerprint density at radius 1 is 1.14 bits per heavy atom. The Bertz CT molecular complexity index is 757. The number of fused-ring (bicyclic) bond motifs is 2. The standard InChI is InChI=1S/C17H18N4/c18-13-6-3-9-16-12(13)5-4-10-21(16)11-17-19-14-7-1-2-8-15(14)20-17/h1-3,6-9H,4-5,10-11,18H2,(H,19,20). The van der Waals surface area contributed by atoms with Crippen LogP contribution in [0.3, 0.4) is 0 Å². The predicted molar refractivity (Wildman–Crippen MR) is 86.3 cm³/mol. The van der Waals surface area contributed by atoms with Crippen molar-refractivity contribution in [3.63, 3.8) is 0 Å². The van der Waals surface area contributed by atoms with Gasteiger partial charge in [-0.15, -0.1) is 0 Å². The number of H-pyrrole nitrogens is 1. The summed E-state index contributed by atoms with van der Waals surface area (Å²) >= 11 is 0. The Morgan fingerprint density at radius 3 is 2.95 bits per heavy atom. The van der Waals surface area contributed by atoms with Crippen molar-refractivity contribution in [2.45, 2.75) is 19.4 Å². The number of nitrogens with one attached hydrogen (secondary N) is 1. The highest BCUT2D eigenvalue weighted by Gasteiger charge is 2.19. The van der Waals surface area contributed by atoms with Gasteiger partial charge in [0, 0.05) is 17.9 Å². The van der Waals surface area contributed by atoms with Crippen molar-refractivity contribution in [1.82, 2.24) is 9.97 Å². The van der Waals surface area contributed by atoms with Gasteiger partial charge in [0.1, 0.15) is 5.82 Å². The fourth-order valence-electron chi connectivity index (χ4n) is 3.15. The number of para-hydroxylation sites is 2. The van der Waals surface area contributed by atoms with Crippen LogP contribution in [0.25, 0.3) is 11.0 Å². The van der Waals surface area contributed by atoms with E-state index >= 15 is 0 Å². The summed E-state index contributed by atoms with van der Waals surface area (Å²) in [4.78, 5) is 10.4. The van der Waals surface area contributed by atoms with Gasteiger partial charge in [-0.05, 0) is 42.7 Å². The molecule has 106 valence electrons. The molecule has 0 atom stereocenters. The van der Waals surface area contributed by atoms with Crippen LogP contribution < -0.4 is 10.6 Å². The molecule has 0 fully saturated rings. The zero-order valence-electron chi connectivity index (χ0n) is 11.8. The number of nitrogen functional groups attached to an aromatic ring is 1. The van der Waals surface area contributed by atoms with Crippen LogP contribution >= 0.6 is 0 Å². The number of imidazole rings is 1. The van der Waals surface area contributed by atoms with E-state index in [1.165, 1.54) is 11.3 Å². The van der Waals surface area contributed by atoms with Gasteiger partial charge >= 0.3 is 0 Å². The van der Waals surface area contributed by atoms with Crippen LogP contribution in [0.2, 0.25) is 0 Å². The Balaban J connectivity index is 1.68. The predicted octanol–water partition coefficient (Wildman–Crippen LogP) is 3.10. The lowest BCUT2D eigenvalue weighted by atomic mass is 10.00. The van der Waals surface area contributed by atoms with Gasteiger partial charge in [-0.1, -0.05) is 18.2 Å². The van der Waals surface area contributed by atoms with Crippen LogP contribution in [-0.2, 0) is 13.0 Å². The normalized spacial score (nSPS) is 14.4. The minimum absolute atomic E-state index is 0.797. The average Bonchev–Trinajstić information content (AvgIpc) is 2.90. The Kier molecular flexibility index (Phi) is 2.81. The fourth-order valence-corrected chi connectivity index (χ4v) is 3.15. The molecule has 3 N–H and O–H groups in total. The lowest BCUT2D eigenvalue weighted by Gasteiger charge is -2.31. The van der Waals surface area contributed by atoms with Crippen molar-refractivity contribution >= 4 is 22.4 Å². The molecule has 0 radical (unpaired) electrons. The maximum atomic E-state index is 6.11. The molecular weight excluding hydrogens is 260 g/mol. The van der Waals surface area contributed by atoms with E-state index in [0.717, 1.165) is 48.5 Å². The molecule has 0 spiro atoms. The molecule has 4 rings (SSSR count). The van der Waals surface area contributed by atoms with E-state index in [1.54, 1.807) is 0 Å². The number of anilines is 2. The first-order valence-electron chi connectivity index (χ1n) is 7.37. The molecule has 2 heterocycles. The van der Waals surface area contributed by atoms with Crippen molar-refractivity contribution in [2.75, 3.05) is 17.2 Å². The lowest BCUT2D eigenvalue weighted by molar-refractivity contribution is 0.680. The van der Waals surface area contributed by atoms with Gasteiger partial charge < -0.3 is 15.6 Å². The molecule has 0 aliphatic carbocycles. The Labute approximate surface area is 123 Å². The summed E-state index contributed by atoms with van der Waals surface area (Å²) in [6.07, 6.45) is 2.21. The third-order valence-electron chi connectivity index (χ3n) is 4.16. The monoisotopic (exact) mass is 278 g/mol. The summed E-state index contributed by atoms with van der Waals surface area (Å²) in [6.45, 7) is 1.85. The van der Waals surface area contributed by atoms with Crippen molar-refractivity contribution in [1.29, 1.82) is 0 Å². The van der Waals surface area contributed by atoms with Gasteiger partial charge in [0.25, 0.3) is 0 Å². The number of hydrogen-bond donors (Lipinski definition) is 2. The molecule has 1 aromatic heterocycles. The molecule has 4 heteroatoms. The number of aromatic amines is 1. The third-order valence-corrected chi connectivity index (χ3v) is 4.16. The fraction of sp³-hybridized carbons (Fsp3) is 0.235. The molecule has 1 aliphatic heterocycles. The molecule has 21 heavy (non-hydrogen) atoms. The SMILES string of the molecule is Nc1cccc2c1CCCN2Cc1nc2ccccc2[nH]1. The zero-order valence-corrected chi connectivity index (χ0v) is 11.8. The van der Waals surface area contributed by atoms with Crippen LogP contribution in [0.1, 0.15) is 17.8 Å². The minimum Gasteiger partial charge on any atom is -0.398 e. The maximum absolute atomic E-state index is 6.11. The summed E-state index contributed by atoms with van der Waals surface area (Å²) in [7, 11) is 0. The van der Waals surface area contributed by atoms with Gasteiger partial charge in [-0.3, -0.25) is 0 Å². The molecule has 0 unspecified atom stereocenters. The number of nitrogens with zero attached hydrogens (tertiary/aromatic N) is 2. The molecule has 2 aromatic carbocycles. The molecule has 3 aromatic rings. The van der Waals surface area contributed by atoms with Crippen LogP contribution in [-0.4, -0.2) is 16.5 Å². The third kappa shape index (κ3) is 2.13. The van der Waals surface area contributed by atoms with E-state index in [-0.39, 0.29) is 0 Å². The highest BCUT2D eigenvalue weighted by Crippen LogP contribution is 2.32. The summed E-state index contributed by atoms with van der Waals surface area (Å²) in [5.74, 6) is 1.01.